The Morgan fingerprint density at radius 2 is 1.73 bits per heavy atom. The molecule has 1 amide bonds. The Morgan fingerprint density at radius 3 is 2.27 bits per heavy atom. The maximum atomic E-state index is 13.5. The fourth-order valence-electron chi connectivity index (χ4n) is 1.64. The molecule has 0 saturated heterocycles. The molecule has 9 heteroatoms. The summed E-state index contributed by atoms with van der Waals surface area (Å²) in [5, 5.41) is 12.4. The van der Waals surface area contributed by atoms with Crippen molar-refractivity contribution in [2.24, 2.45) is 0 Å². The first-order valence-electron chi connectivity index (χ1n) is 5.69. The summed E-state index contributed by atoms with van der Waals surface area (Å²) in [7, 11) is 0. The number of nitro groups is 1. The topological polar surface area (TPSA) is 72.2 Å². The average Bonchev–Trinajstić information content (AvgIpc) is 2.42. The van der Waals surface area contributed by atoms with Crippen LogP contribution in [0, 0.1) is 27.6 Å². The van der Waals surface area contributed by atoms with E-state index in [0.29, 0.717) is 12.1 Å². The van der Waals surface area contributed by atoms with Crippen LogP contribution in [0.1, 0.15) is 10.4 Å². The summed E-state index contributed by atoms with van der Waals surface area (Å²) >= 11 is 5.74. The third kappa shape index (κ3) is 3.17. The van der Waals surface area contributed by atoms with Crippen LogP contribution in [0.3, 0.4) is 0 Å². The van der Waals surface area contributed by atoms with E-state index >= 15 is 0 Å². The molecule has 0 radical (unpaired) electrons. The minimum atomic E-state index is -1.33. The Labute approximate surface area is 126 Å². The molecule has 22 heavy (non-hydrogen) atoms. The zero-order valence-corrected chi connectivity index (χ0v) is 11.3. The molecule has 1 N–H and O–H groups in total. The fourth-order valence-corrected chi connectivity index (χ4v) is 1.85. The number of anilines is 1. The van der Waals surface area contributed by atoms with Gasteiger partial charge in [-0.05, 0) is 6.07 Å². The van der Waals surface area contributed by atoms with Gasteiger partial charge in [-0.1, -0.05) is 11.6 Å². The number of halogens is 4. The summed E-state index contributed by atoms with van der Waals surface area (Å²) in [6, 6.07) is 3.79. The molecular weight excluding hydrogens is 325 g/mol. The van der Waals surface area contributed by atoms with Gasteiger partial charge >= 0.3 is 0 Å². The SMILES string of the molecule is O=C(Nc1c(F)cc(F)cc1F)c1cc([N+](=O)[O-])ccc1Cl. The van der Waals surface area contributed by atoms with Gasteiger partial charge in [-0.3, -0.25) is 14.9 Å². The number of nitrogens with one attached hydrogen (secondary N) is 1. The molecule has 2 aromatic carbocycles. The van der Waals surface area contributed by atoms with Crippen molar-refractivity contribution in [3.05, 3.63) is 68.5 Å². The Morgan fingerprint density at radius 1 is 1.14 bits per heavy atom. The van der Waals surface area contributed by atoms with E-state index < -0.39 is 39.7 Å². The summed E-state index contributed by atoms with van der Waals surface area (Å²) in [4.78, 5) is 21.9. The standard InChI is InChI=1S/C13H6ClF3N2O3/c14-9-2-1-7(19(21)22)5-8(9)13(20)18-12-10(16)3-6(15)4-11(12)17/h1-5H,(H,18,20). The summed E-state index contributed by atoms with van der Waals surface area (Å²) in [6.07, 6.45) is 0. The maximum Gasteiger partial charge on any atom is 0.270 e. The Kier molecular flexibility index (Phi) is 4.32. The van der Waals surface area contributed by atoms with E-state index in [4.69, 9.17) is 11.6 Å². The van der Waals surface area contributed by atoms with Crippen LogP contribution in [0.4, 0.5) is 24.5 Å². The summed E-state index contributed by atoms with van der Waals surface area (Å²) in [5.74, 6) is -4.88. The number of nitro benzene ring substituents is 1. The van der Waals surface area contributed by atoms with E-state index in [9.17, 15) is 28.1 Å². The zero-order chi connectivity index (χ0) is 16.4. The van der Waals surface area contributed by atoms with Crippen molar-refractivity contribution in [3.63, 3.8) is 0 Å². The van der Waals surface area contributed by atoms with Crippen LogP contribution in [-0.2, 0) is 0 Å². The van der Waals surface area contributed by atoms with E-state index in [1.807, 2.05) is 5.32 Å². The van der Waals surface area contributed by atoms with E-state index in [2.05, 4.69) is 0 Å². The van der Waals surface area contributed by atoms with Crippen LogP contribution in [0.5, 0.6) is 0 Å². The molecule has 0 unspecified atom stereocenters. The largest absolute Gasteiger partial charge is 0.317 e. The predicted octanol–water partition coefficient (Wildman–Crippen LogP) is 3.92. The first-order valence-corrected chi connectivity index (χ1v) is 6.07. The second-order valence-electron chi connectivity index (χ2n) is 4.12. The number of benzene rings is 2. The average molecular weight is 331 g/mol. The minimum Gasteiger partial charge on any atom is -0.317 e. The van der Waals surface area contributed by atoms with Crippen molar-refractivity contribution in [2.75, 3.05) is 5.32 Å². The van der Waals surface area contributed by atoms with Crippen molar-refractivity contribution in [3.8, 4) is 0 Å². The molecule has 2 rings (SSSR count). The first kappa shape index (κ1) is 15.8. The number of carbonyl (C=O) groups excluding carboxylic acids is 1. The van der Waals surface area contributed by atoms with E-state index in [1.54, 1.807) is 0 Å². The number of amides is 1. The molecule has 0 fully saturated rings. The van der Waals surface area contributed by atoms with Gasteiger partial charge in [0.05, 0.1) is 15.5 Å². The lowest BCUT2D eigenvalue weighted by atomic mass is 10.1. The molecule has 0 spiro atoms. The third-order valence-corrected chi connectivity index (χ3v) is 2.98. The van der Waals surface area contributed by atoms with Crippen molar-refractivity contribution in [2.45, 2.75) is 0 Å². The molecule has 0 aliphatic rings. The van der Waals surface area contributed by atoms with Gasteiger partial charge in [0.25, 0.3) is 11.6 Å². The van der Waals surface area contributed by atoms with Gasteiger partial charge < -0.3 is 5.32 Å². The highest BCUT2D eigenvalue weighted by molar-refractivity contribution is 6.34. The number of nitrogens with zero attached hydrogens (tertiary/aromatic N) is 1. The molecule has 0 aromatic heterocycles. The van der Waals surface area contributed by atoms with Crippen molar-refractivity contribution < 1.29 is 22.9 Å². The van der Waals surface area contributed by atoms with Crippen LogP contribution in [0.15, 0.2) is 30.3 Å². The van der Waals surface area contributed by atoms with Crippen molar-refractivity contribution in [1.82, 2.24) is 0 Å². The summed E-state index contributed by atoms with van der Waals surface area (Å²) in [6.45, 7) is 0. The molecular formula is C13H6ClF3N2O3. The number of carbonyl (C=O) groups is 1. The van der Waals surface area contributed by atoms with Crippen molar-refractivity contribution >= 4 is 28.9 Å². The molecule has 0 aliphatic carbocycles. The zero-order valence-electron chi connectivity index (χ0n) is 10.6. The second-order valence-corrected chi connectivity index (χ2v) is 4.53. The molecule has 5 nitrogen and oxygen atoms in total. The van der Waals surface area contributed by atoms with Crippen molar-refractivity contribution in [1.29, 1.82) is 0 Å². The smallest absolute Gasteiger partial charge is 0.270 e. The quantitative estimate of drug-likeness (QED) is 0.685. The van der Waals surface area contributed by atoms with Crippen LogP contribution in [-0.4, -0.2) is 10.8 Å². The monoisotopic (exact) mass is 330 g/mol. The normalized spacial score (nSPS) is 10.4. The van der Waals surface area contributed by atoms with Gasteiger partial charge in [-0.2, -0.15) is 0 Å². The second kappa shape index (κ2) is 6.02. The predicted molar refractivity (Wildman–Crippen MR) is 72.4 cm³/mol. The van der Waals surface area contributed by atoms with E-state index in [-0.39, 0.29) is 10.6 Å². The summed E-state index contributed by atoms with van der Waals surface area (Å²) in [5.41, 5.74) is -1.65. The fraction of sp³-hybridized carbons (Fsp3) is 0. The van der Waals surface area contributed by atoms with Gasteiger partial charge in [0, 0.05) is 24.3 Å². The van der Waals surface area contributed by atoms with E-state index in [1.165, 1.54) is 0 Å². The third-order valence-electron chi connectivity index (χ3n) is 2.65. The molecule has 114 valence electrons. The van der Waals surface area contributed by atoms with Crippen LogP contribution in [0.2, 0.25) is 5.02 Å². The molecule has 0 aliphatic heterocycles. The lowest BCUT2D eigenvalue weighted by Gasteiger charge is -2.09. The minimum absolute atomic E-state index is 0.147. The van der Waals surface area contributed by atoms with Gasteiger partial charge in [0.2, 0.25) is 0 Å². The summed E-state index contributed by atoms with van der Waals surface area (Å²) < 4.78 is 39.7. The Bertz CT molecular complexity index is 760. The first-order chi connectivity index (χ1) is 10.3. The Hall–Kier alpha value is -2.61. The number of hydrogen-bond donors (Lipinski definition) is 1. The number of hydrogen-bond acceptors (Lipinski definition) is 3. The van der Waals surface area contributed by atoms with Gasteiger partial charge in [-0.25, -0.2) is 13.2 Å². The highest BCUT2D eigenvalue weighted by atomic mass is 35.5. The molecule has 0 bridgehead atoms. The highest BCUT2D eigenvalue weighted by Gasteiger charge is 2.19. The van der Waals surface area contributed by atoms with Gasteiger partial charge in [0.1, 0.15) is 11.5 Å². The molecule has 0 saturated carbocycles. The molecule has 0 atom stereocenters. The van der Waals surface area contributed by atoms with Gasteiger partial charge in [-0.15, -0.1) is 0 Å². The molecule has 2 aromatic rings. The van der Waals surface area contributed by atoms with Crippen LogP contribution >= 0.6 is 11.6 Å². The van der Waals surface area contributed by atoms with Gasteiger partial charge in [0.15, 0.2) is 11.6 Å². The van der Waals surface area contributed by atoms with E-state index in [0.717, 1.165) is 18.2 Å². The lowest BCUT2D eigenvalue weighted by molar-refractivity contribution is -0.384. The Balaban J connectivity index is 2.38. The van der Waals surface area contributed by atoms with Crippen LogP contribution in [0.25, 0.3) is 0 Å². The lowest BCUT2D eigenvalue weighted by Crippen LogP contribution is -2.15. The highest BCUT2D eigenvalue weighted by Crippen LogP contribution is 2.25. The number of non-ortho nitro benzene ring substituents is 1. The number of rotatable bonds is 3. The molecule has 0 heterocycles. The van der Waals surface area contributed by atoms with Crippen LogP contribution < -0.4 is 5.32 Å². The maximum absolute atomic E-state index is 13.5.